The van der Waals surface area contributed by atoms with Crippen LogP contribution in [0.5, 0.6) is 0 Å². The minimum absolute atomic E-state index is 0.288. The Morgan fingerprint density at radius 1 is 1.42 bits per heavy atom. The lowest BCUT2D eigenvalue weighted by atomic mass is 10.00. The van der Waals surface area contributed by atoms with E-state index in [1.54, 1.807) is 22.4 Å². The number of nitrogens with zero attached hydrogens (tertiary/aromatic N) is 5. The summed E-state index contributed by atoms with van der Waals surface area (Å²) in [4.78, 5) is 28.0. The standard InChI is InChI=1S/C17H25N7O2/c1-12-8-13(2)24(17(26)20-12)7-6-19-16(25)15-11-23(22-21-15)10-14-4-3-5-18-9-14/h8,11,14,18H,3-7,9-10H2,1-2H3,(H,19,25). The maximum absolute atomic E-state index is 12.2. The highest BCUT2D eigenvalue weighted by atomic mass is 16.2. The van der Waals surface area contributed by atoms with E-state index in [9.17, 15) is 9.59 Å². The van der Waals surface area contributed by atoms with E-state index in [1.807, 2.05) is 13.0 Å². The molecule has 1 amide bonds. The van der Waals surface area contributed by atoms with Gasteiger partial charge < -0.3 is 10.6 Å². The summed E-state index contributed by atoms with van der Waals surface area (Å²) in [6, 6.07) is 1.84. The molecule has 9 nitrogen and oxygen atoms in total. The van der Waals surface area contributed by atoms with Crippen LogP contribution in [0.15, 0.2) is 17.1 Å². The van der Waals surface area contributed by atoms with E-state index < -0.39 is 0 Å². The molecule has 2 N–H and O–H groups in total. The van der Waals surface area contributed by atoms with Crippen molar-refractivity contribution >= 4 is 5.91 Å². The molecule has 2 aromatic rings. The summed E-state index contributed by atoms with van der Waals surface area (Å²) >= 11 is 0. The van der Waals surface area contributed by atoms with Gasteiger partial charge in [0.15, 0.2) is 5.69 Å². The third-order valence-electron chi connectivity index (χ3n) is 4.58. The summed E-state index contributed by atoms with van der Waals surface area (Å²) < 4.78 is 3.27. The Labute approximate surface area is 151 Å². The largest absolute Gasteiger partial charge is 0.349 e. The number of amides is 1. The summed E-state index contributed by atoms with van der Waals surface area (Å²) in [5.74, 6) is 0.231. The fraction of sp³-hybridized carbons (Fsp3) is 0.588. The fourth-order valence-corrected chi connectivity index (χ4v) is 3.25. The van der Waals surface area contributed by atoms with Crippen molar-refractivity contribution in [2.45, 2.75) is 39.8 Å². The molecule has 0 spiro atoms. The van der Waals surface area contributed by atoms with Gasteiger partial charge in [0.1, 0.15) is 0 Å². The van der Waals surface area contributed by atoms with Gasteiger partial charge in [-0.25, -0.2) is 4.79 Å². The zero-order chi connectivity index (χ0) is 18.5. The lowest BCUT2D eigenvalue weighted by Gasteiger charge is -2.22. The van der Waals surface area contributed by atoms with Crippen molar-refractivity contribution in [1.82, 2.24) is 35.2 Å². The molecule has 140 valence electrons. The maximum atomic E-state index is 12.2. The molecule has 26 heavy (non-hydrogen) atoms. The molecule has 0 radical (unpaired) electrons. The van der Waals surface area contributed by atoms with Crippen molar-refractivity contribution in [1.29, 1.82) is 0 Å². The average Bonchev–Trinajstić information content (AvgIpc) is 3.06. The van der Waals surface area contributed by atoms with Gasteiger partial charge in [-0.1, -0.05) is 5.21 Å². The van der Waals surface area contributed by atoms with Crippen LogP contribution in [0.25, 0.3) is 0 Å². The van der Waals surface area contributed by atoms with E-state index in [1.165, 1.54) is 6.42 Å². The van der Waals surface area contributed by atoms with Crippen molar-refractivity contribution in [2.75, 3.05) is 19.6 Å². The van der Waals surface area contributed by atoms with Gasteiger partial charge in [0.05, 0.1) is 6.20 Å². The Morgan fingerprint density at radius 3 is 3.00 bits per heavy atom. The second-order valence-electron chi connectivity index (χ2n) is 6.77. The number of hydrogen-bond acceptors (Lipinski definition) is 6. The normalized spacial score (nSPS) is 17.2. The predicted molar refractivity (Wildman–Crippen MR) is 95.9 cm³/mol. The second-order valence-corrected chi connectivity index (χ2v) is 6.77. The lowest BCUT2D eigenvalue weighted by Crippen LogP contribution is -2.33. The quantitative estimate of drug-likeness (QED) is 0.745. The third kappa shape index (κ3) is 4.54. The van der Waals surface area contributed by atoms with Gasteiger partial charge in [-0.05, 0) is 51.8 Å². The Kier molecular flexibility index (Phi) is 5.77. The smallest absolute Gasteiger partial charge is 0.348 e. The summed E-state index contributed by atoms with van der Waals surface area (Å²) in [5.41, 5.74) is 1.50. The maximum Gasteiger partial charge on any atom is 0.348 e. The molecule has 1 atom stereocenters. The highest BCUT2D eigenvalue weighted by Crippen LogP contribution is 2.11. The minimum atomic E-state index is -0.302. The molecular weight excluding hydrogens is 334 g/mol. The van der Waals surface area contributed by atoms with Crippen molar-refractivity contribution in [3.63, 3.8) is 0 Å². The minimum Gasteiger partial charge on any atom is -0.349 e. The number of carbonyl (C=O) groups is 1. The molecule has 0 bridgehead atoms. The summed E-state index contributed by atoms with van der Waals surface area (Å²) in [6.07, 6.45) is 4.00. The third-order valence-corrected chi connectivity index (χ3v) is 4.58. The molecule has 1 saturated heterocycles. The first-order valence-corrected chi connectivity index (χ1v) is 8.97. The Bertz CT molecular complexity index is 821. The molecule has 2 aromatic heterocycles. The molecule has 1 unspecified atom stereocenters. The number of aromatic nitrogens is 5. The van der Waals surface area contributed by atoms with E-state index in [-0.39, 0.29) is 11.6 Å². The van der Waals surface area contributed by atoms with Gasteiger partial charge in [-0.3, -0.25) is 14.0 Å². The van der Waals surface area contributed by atoms with Gasteiger partial charge in [0, 0.05) is 31.0 Å². The monoisotopic (exact) mass is 359 g/mol. The zero-order valence-corrected chi connectivity index (χ0v) is 15.2. The van der Waals surface area contributed by atoms with Crippen LogP contribution in [-0.2, 0) is 13.1 Å². The lowest BCUT2D eigenvalue weighted by molar-refractivity contribution is 0.0947. The number of carbonyl (C=O) groups excluding carboxylic acids is 1. The fourth-order valence-electron chi connectivity index (χ4n) is 3.25. The second kappa shape index (κ2) is 8.22. The number of rotatable bonds is 6. The number of nitrogens with one attached hydrogen (secondary N) is 2. The van der Waals surface area contributed by atoms with E-state index in [4.69, 9.17) is 0 Å². The molecule has 1 fully saturated rings. The molecule has 3 heterocycles. The molecule has 0 saturated carbocycles. The molecule has 1 aliphatic rings. The van der Waals surface area contributed by atoms with Crippen LogP contribution >= 0.6 is 0 Å². The molecular formula is C17H25N7O2. The Hall–Kier alpha value is -2.55. The van der Waals surface area contributed by atoms with Crippen LogP contribution in [-0.4, -0.2) is 50.1 Å². The summed E-state index contributed by atoms with van der Waals surface area (Å²) in [6.45, 7) is 7.13. The van der Waals surface area contributed by atoms with E-state index in [0.717, 1.165) is 31.7 Å². The van der Waals surface area contributed by atoms with E-state index >= 15 is 0 Å². The molecule has 1 aliphatic heterocycles. The number of aryl methyl sites for hydroxylation is 2. The molecule has 9 heteroatoms. The Morgan fingerprint density at radius 2 is 2.27 bits per heavy atom. The van der Waals surface area contributed by atoms with Crippen molar-refractivity contribution in [3.05, 3.63) is 39.8 Å². The van der Waals surface area contributed by atoms with Crippen molar-refractivity contribution in [2.24, 2.45) is 5.92 Å². The van der Waals surface area contributed by atoms with Gasteiger partial charge in [-0.2, -0.15) is 4.98 Å². The first kappa shape index (κ1) is 18.2. The van der Waals surface area contributed by atoms with Crippen LogP contribution in [0.1, 0.15) is 34.7 Å². The SMILES string of the molecule is Cc1cc(C)n(CCNC(=O)c2cn(CC3CCCNC3)nn2)c(=O)n1. The van der Waals surface area contributed by atoms with Gasteiger partial charge in [0.2, 0.25) is 0 Å². The average molecular weight is 359 g/mol. The summed E-state index contributed by atoms with van der Waals surface area (Å²) in [7, 11) is 0. The molecule has 0 aliphatic carbocycles. The highest BCUT2D eigenvalue weighted by molar-refractivity contribution is 5.91. The van der Waals surface area contributed by atoms with Crippen LogP contribution in [0.3, 0.4) is 0 Å². The first-order chi connectivity index (χ1) is 12.5. The molecule has 0 aromatic carbocycles. The Balaban J connectivity index is 1.52. The van der Waals surface area contributed by atoms with Crippen molar-refractivity contribution in [3.8, 4) is 0 Å². The topological polar surface area (TPSA) is 107 Å². The molecule has 3 rings (SSSR count). The first-order valence-electron chi connectivity index (χ1n) is 8.97. The zero-order valence-electron chi connectivity index (χ0n) is 15.2. The van der Waals surface area contributed by atoms with E-state index in [0.29, 0.717) is 30.4 Å². The number of hydrogen-bond donors (Lipinski definition) is 2. The van der Waals surface area contributed by atoms with Crippen LogP contribution < -0.4 is 16.3 Å². The number of piperidine rings is 1. The van der Waals surface area contributed by atoms with Crippen LogP contribution in [0, 0.1) is 19.8 Å². The van der Waals surface area contributed by atoms with Crippen molar-refractivity contribution < 1.29 is 4.79 Å². The van der Waals surface area contributed by atoms with Crippen LogP contribution in [0.4, 0.5) is 0 Å². The summed E-state index contributed by atoms with van der Waals surface area (Å²) in [5, 5.41) is 14.1. The predicted octanol–water partition coefficient (Wildman–Crippen LogP) is -0.119. The van der Waals surface area contributed by atoms with Gasteiger partial charge in [0.25, 0.3) is 5.91 Å². The van der Waals surface area contributed by atoms with Gasteiger partial charge in [-0.15, -0.1) is 5.10 Å². The van der Waals surface area contributed by atoms with Gasteiger partial charge >= 0.3 is 5.69 Å². The van der Waals surface area contributed by atoms with E-state index in [2.05, 4.69) is 25.9 Å². The van der Waals surface area contributed by atoms with Crippen LogP contribution in [0.2, 0.25) is 0 Å². The highest BCUT2D eigenvalue weighted by Gasteiger charge is 2.16.